The summed E-state index contributed by atoms with van der Waals surface area (Å²) in [5.74, 6) is -1.39. The van der Waals surface area contributed by atoms with E-state index in [-0.39, 0.29) is 12.2 Å². The lowest BCUT2D eigenvalue weighted by Gasteiger charge is -2.28. The Balaban J connectivity index is 2.15. The molecule has 2 aromatic rings. The van der Waals surface area contributed by atoms with E-state index in [1.807, 2.05) is 0 Å². The van der Waals surface area contributed by atoms with Crippen LogP contribution in [0.1, 0.15) is 35.8 Å². The number of methoxy groups -OCH3 is 2. The number of esters is 1. The number of benzene rings is 2. The van der Waals surface area contributed by atoms with E-state index in [0.717, 1.165) is 0 Å². The third kappa shape index (κ3) is 3.96. The third-order valence-electron chi connectivity index (χ3n) is 4.98. The van der Waals surface area contributed by atoms with E-state index in [2.05, 4.69) is 0 Å². The Hall–Kier alpha value is -3.81. The average molecular weight is 425 g/mol. The molecule has 0 saturated carbocycles. The first kappa shape index (κ1) is 21.9. The van der Waals surface area contributed by atoms with E-state index in [9.17, 15) is 19.5 Å². The number of anilines is 1. The van der Waals surface area contributed by atoms with Crippen molar-refractivity contribution in [1.29, 1.82) is 0 Å². The number of amides is 1. The highest BCUT2D eigenvalue weighted by Crippen LogP contribution is 2.44. The average Bonchev–Trinajstić information content (AvgIpc) is 3.04. The Bertz CT molecular complexity index is 1060. The normalized spacial score (nSPS) is 15.8. The van der Waals surface area contributed by atoms with Crippen LogP contribution in [0.25, 0.3) is 0 Å². The summed E-state index contributed by atoms with van der Waals surface area (Å²) in [5.41, 5.74) is 1.12. The highest BCUT2D eigenvalue weighted by Gasteiger charge is 2.44. The van der Waals surface area contributed by atoms with Crippen molar-refractivity contribution in [3.05, 3.63) is 64.9 Å². The predicted molar refractivity (Wildman–Crippen MR) is 113 cm³/mol. The molecule has 3 rings (SSSR count). The van der Waals surface area contributed by atoms with E-state index in [1.54, 1.807) is 37.3 Å². The van der Waals surface area contributed by atoms with Crippen molar-refractivity contribution in [2.75, 3.05) is 25.7 Å². The van der Waals surface area contributed by atoms with Crippen molar-refractivity contribution in [1.82, 2.24) is 0 Å². The summed E-state index contributed by atoms with van der Waals surface area (Å²) in [6.45, 7) is 3.23. The summed E-state index contributed by atoms with van der Waals surface area (Å²) in [6, 6.07) is 10.2. The lowest BCUT2D eigenvalue weighted by atomic mass is 9.95. The number of carbonyl (C=O) groups is 3. The monoisotopic (exact) mass is 425 g/mol. The third-order valence-corrected chi connectivity index (χ3v) is 4.98. The van der Waals surface area contributed by atoms with Gasteiger partial charge in [0.15, 0.2) is 11.5 Å². The Morgan fingerprint density at radius 1 is 1.06 bits per heavy atom. The Morgan fingerprint density at radius 2 is 1.74 bits per heavy atom. The minimum absolute atomic E-state index is 0.0500. The number of rotatable bonds is 7. The molecular formula is C23H23NO7. The molecule has 8 nitrogen and oxygen atoms in total. The summed E-state index contributed by atoms with van der Waals surface area (Å²) in [6.07, 6.45) is 0. The van der Waals surface area contributed by atoms with Gasteiger partial charge in [-0.15, -0.1) is 0 Å². The van der Waals surface area contributed by atoms with Crippen molar-refractivity contribution in [2.45, 2.75) is 19.9 Å². The molecule has 0 spiro atoms. The number of ketones is 1. The molecule has 0 fully saturated rings. The van der Waals surface area contributed by atoms with Crippen molar-refractivity contribution >= 4 is 23.3 Å². The number of ether oxygens (including phenoxy) is 3. The fourth-order valence-electron chi connectivity index (χ4n) is 3.55. The lowest BCUT2D eigenvalue weighted by Crippen LogP contribution is -2.31. The van der Waals surface area contributed by atoms with Gasteiger partial charge >= 0.3 is 5.97 Å². The van der Waals surface area contributed by atoms with Crippen molar-refractivity contribution in [3.8, 4) is 11.5 Å². The Morgan fingerprint density at radius 3 is 2.29 bits per heavy atom. The molecule has 1 amide bonds. The van der Waals surface area contributed by atoms with Gasteiger partial charge < -0.3 is 19.3 Å². The maximum absolute atomic E-state index is 13.0. The molecule has 8 heteroatoms. The molecule has 1 N–H and O–H groups in total. The SMILES string of the molecule is CCOC(=O)c1ccc(N2C(=O)C(O)=C(C(C)=O)C2c2cc(OC)ccc2OC)cc1. The van der Waals surface area contributed by atoms with Crippen LogP contribution in [0, 0.1) is 0 Å². The standard InChI is InChI=1S/C23H23NO7/c1-5-31-23(28)14-6-8-15(9-7-14)24-20(19(13(2)25)21(26)22(24)27)17-12-16(29-3)10-11-18(17)30-4/h6-12,20,26H,5H2,1-4H3. The summed E-state index contributed by atoms with van der Waals surface area (Å²) >= 11 is 0. The molecule has 1 aliphatic rings. The molecule has 0 aliphatic carbocycles. The van der Waals surface area contributed by atoms with Crippen molar-refractivity contribution < 1.29 is 33.7 Å². The number of hydrogen-bond acceptors (Lipinski definition) is 7. The number of aliphatic hydroxyl groups excluding tert-OH is 1. The molecule has 31 heavy (non-hydrogen) atoms. The summed E-state index contributed by atoms with van der Waals surface area (Å²) < 4.78 is 15.7. The van der Waals surface area contributed by atoms with Crippen molar-refractivity contribution in [2.24, 2.45) is 0 Å². The van der Waals surface area contributed by atoms with Gasteiger partial charge in [-0.1, -0.05) is 0 Å². The van der Waals surface area contributed by atoms with E-state index in [0.29, 0.717) is 28.3 Å². The zero-order valence-corrected chi connectivity index (χ0v) is 17.7. The molecule has 1 aliphatic heterocycles. The Labute approximate surface area is 179 Å². The lowest BCUT2D eigenvalue weighted by molar-refractivity contribution is -0.117. The van der Waals surface area contributed by atoms with Gasteiger partial charge in [0.25, 0.3) is 5.91 Å². The first-order chi connectivity index (χ1) is 14.8. The molecule has 0 aromatic heterocycles. The summed E-state index contributed by atoms with van der Waals surface area (Å²) in [4.78, 5) is 38.6. The second-order valence-electron chi connectivity index (χ2n) is 6.77. The minimum Gasteiger partial charge on any atom is -0.503 e. The fourth-order valence-corrected chi connectivity index (χ4v) is 3.55. The maximum atomic E-state index is 13.0. The minimum atomic E-state index is -0.941. The van der Waals surface area contributed by atoms with E-state index in [4.69, 9.17) is 14.2 Å². The molecule has 0 saturated heterocycles. The number of nitrogens with zero attached hydrogens (tertiary/aromatic N) is 1. The molecule has 162 valence electrons. The van der Waals surface area contributed by atoms with E-state index >= 15 is 0 Å². The molecular weight excluding hydrogens is 402 g/mol. The largest absolute Gasteiger partial charge is 0.503 e. The van der Waals surface area contributed by atoms with Gasteiger partial charge in [-0.2, -0.15) is 0 Å². The first-order valence-corrected chi connectivity index (χ1v) is 9.60. The van der Waals surface area contributed by atoms with Crippen LogP contribution in [0.5, 0.6) is 11.5 Å². The number of aliphatic hydroxyl groups is 1. The molecule has 1 heterocycles. The maximum Gasteiger partial charge on any atom is 0.338 e. The topological polar surface area (TPSA) is 102 Å². The van der Waals surface area contributed by atoms with Crippen LogP contribution < -0.4 is 14.4 Å². The van der Waals surface area contributed by atoms with Gasteiger partial charge in [0.2, 0.25) is 0 Å². The molecule has 0 radical (unpaired) electrons. The summed E-state index contributed by atoms with van der Waals surface area (Å²) in [7, 11) is 2.97. The smallest absolute Gasteiger partial charge is 0.338 e. The first-order valence-electron chi connectivity index (χ1n) is 9.60. The van der Waals surface area contributed by atoms with Gasteiger partial charge in [-0.05, 0) is 56.3 Å². The van der Waals surface area contributed by atoms with Crippen LogP contribution in [-0.2, 0) is 14.3 Å². The Kier molecular flexibility index (Phi) is 6.29. The van der Waals surface area contributed by atoms with Crippen LogP contribution in [0.3, 0.4) is 0 Å². The fraction of sp³-hybridized carbons (Fsp3) is 0.261. The van der Waals surface area contributed by atoms with Gasteiger partial charge in [0.05, 0.1) is 38.0 Å². The van der Waals surface area contributed by atoms with Crippen LogP contribution >= 0.6 is 0 Å². The zero-order chi connectivity index (χ0) is 22.7. The van der Waals surface area contributed by atoms with Gasteiger partial charge in [0, 0.05) is 11.3 Å². The van der Waals surface area contributed by atoms with Gasteiger partial charge in [-0.3, -0.25) is 14.5 Å². The van der Waals surface area contributed by atoms with Gasteiger partial charge in [0.1, 0.15) is 11.5 Å². The van der Waals surface area contributed by atoms with Crippen molar-refractivity contribution in [3.63, 3.8) is 0 Å². The quantitative estimate of drug-likeness (QED) is 0.679. The molecule has 1 atom stereocenters. The number of hydrogen-bond donors (Lipinski definition) is 1. The predicted octanol–water partition coefficient (Wildman–Crippen LogP) is 3.37. The zero-order valence-electron chi connectivity index (χ0n) is 17.7. The van der Waals surface area contributed by atoms with Gasteiger partial charge in [-0.25, -0.2) is 4.79 Å². The second kappa shape index (κ2) is 8.91. The van der Waals surface area contributed by atoms with E-state index in [1.165, 1.54) is 38.2 Å². The number of Topliss-reactive ketones (excluding diaryl/α,β-unsaturated/α-hetero) is 1. The van der Waals surface area contributed by atoms with Crippen LogP contribution in [0.4, 0.5) is 5.69 Å². The van der Waals surface area contributed by atoms with Crippen LogP contribution in [-0.4, -0.2) is 43.6 Å². The number of carbonyl (C=O) groups excluding carboxylic acids is 3. The summed E-state index contributed by atoms with van der Waals surface area (Å²) in [5, 5.41) is 10.5. The highest BCUT2D eigenvalue weighted by molar-refractivity contribution is 6.16. The van der Waals surface area contributed by atoms with Crippen LogP contribution in [0.2, 0.25) is 0 Å². The highest BCUT2D eigenvalue weighted by atomic mass is 16.5. The molecule has 2 aromatic carbocycles. The van der Waals surface area contributed by atoms with E-state index < -0.39 is 29.5 Å². The second-order valence-corrected chi connectivity index (χ2v) is 6.77. The molecule has 0 bridgehead atoms. The molecule has 1 unspecified atom stereocenters. The van der Waals surface area contributed by atoms with Crippen LogP contribution in [0.15, 0.2) is 53.8 Å².